The van der Waals surface area contributed by atoms with Crippen molar-refractivity contribution in [2.24, 2.45) is 11.8 Å². The third-order valence-corrected chi connectivity index (χ3v) is 6.35. The Hall–Kier alpha value is -4.54. The molecule has 0 heterocycles. The van der Waals surface area contributed by atoms with Gasteiger partial charge in [-0.1, -0.05) is 70.2 Å². The molecule has 2 rings (SSSR count). The first-order valence-corrected chi connectivity index (χ1v) is 13.8. The number of esters is 1. The van der Waals surface area contributed by atoms with E-state index in [1.807, 2.05) is 19.9 Å². The van der Waals surface area contributed by atoms with Crippen LogP contribution in [0.2, 0.25) is 0 Å². The summed E-state index contributed by atoms with van der Waals surface area (Å²) in [6.07, 6.45) is 0.437. The van der Waals surface area contributed by atoms with Gasteiger partial charge in [0, 0.05) is 13.3 Å². The fraction of sp³-hybridized carbons (Fsp3) is 0.419. The molecule has 0 saturated carbocycles. The summed E-state index contributed by atoms with van der Waals surface area (Å²) >= 11 is 0. The van der Waals surface area contributed by atoms with E-state index in [0.717, 1.165) is 5.56 Å². The number of methoxy groups -OCH3 is 1. The number of anilines is 1. The monoisotopic (exact) mass is 580 g/mol. The topological polar surface area (TPSA) is 160 Å². The normalized spacial score (nSPS) is 13.0. The summed E-state index contributed by atoms with van der Waals surface area (Å²) in [7, 11) is 1.23. The fourth-order valence-electron chi connectivity index (χ4n) is 4.26. The van der Waals surface area contributed by atoms with E-state index in [-0.39, 0.29) is 23.6 Å². The summed E-state index contributed by atoms with van der Waals surface area (Å²) < 4.78 is 4.85. The van der Waals surface area contributed by atoms with Crippen LogP contribution in [-0.4, -0.2) is 60.6 Å². The Morgan fingerprint density at radius 2 is 1.36 bits per heavy atom. The average Bonchev–Trinajstić information content (AvgIpc) is 2.94. The molecule has 2 aromatic rings. The van der Waals surface area contributed by atoms with Crippen LogP contribution in [0.3, 0.4) is 0 Å². The molecule has 4 amide bonds. The number of hydrogen-bond acceptors (Lipinski definition) is 7. The number of ether oxygens (including phenoxy) is 1. The van der Waals surface area contributed by atoms with Crippen LogP contribution in [0.1, 0.15) is 57.0 Å². The maximum Gasteiger partial charge on any atom is 0.328 e. The van der Waals surface area contributed by atoms with Crippen molar-refractivity contribution in [3.05, 3.63) is 65.7 Å². The van der Waals surface area contributed by atoms with E-state index in [9.17, 15) is 28.8 Å². The van der Waals surface area contributed by atoms with Crippen LogP contribution in [-0.2, 0) is 35.1 Å². The summed E-state index contributed by atoms with van der Waals surface area (Å²) in [5.41, 5.74) is 0.886. The van der Waals surface area contributed by atoms with Crippen LogP contribution in [0.15, 0.2) is 54.6 Å². The molecule has 0 saturated heterocycles. The van der Waals surface area contributed by atoms with E-state index >= 15 is 0 Å². The molecular weight excluding hydrogens is 540 g/mol. The van der Waals surface area contributed by atoms with Crippen LogP contribution in [0.25, 0.3) is 0 Å². The number of carbonyl (C=O) groups excluding carboxylic acids is 6. The molecule has 226 valence electrons. The van der Waals surface area contributed by atoms with Crippen molar-refractivity contribution < 1.29 is 33.5 Å². The second-order valence-corrected chi connectivity index (χ2v) is 10.7. The van der Waals surface area contributed by atoms with Crippen molar-refractivity contribution in [1.82, 2.24) is 16.0 Å². The molecule has 11 heteroatoms. The smallest absolute Gasteiger partial charge is 0.328 e. The maximum atomic E-state index is 13.5. The molecule has 0 bridgehead atoms. The Balaban J connectivity index is 2.28. The van der Waals surface area contributed by atoms with Crippen LogP contribution in [0, 0.1) is 11.8 Å². The first-order chi connectivity index (χ1) is 19.8. The predicted octanol–water partition coefficient (Wildman–Crippen LogP) is 2.40. The van der Waals surface area contributed by atoms with Gasteiger partial charge in [0.1, 0.15) is 18.1 Å². The summed E-state index contributed by atoms with van der Waals surface area (Å²) in [6, 6.07) is 11.8. The molecule has 0 aliphatic rings. The van der Waals surface area contributed by atoms with E-state index in [0.29, 0.717) is 6.42 Å². The molecule has 0 aliphatic heterocycles. The molecule has 4 N–H and O–H groups in total. The van der Waals surface area contributed by atoms with Gasteiger partial charge in [0.05, 0.1) is 18.4 Å². The highest BCUT2D eigenvalue weighted by molar-refractivity contribution is 6.44. The van der Waals surface area contributed by atoms with Crippen molar-refractivity contribution in [3.8, 4) is 0 Å². The number of carbonyl (C=O) groups is 6. The van der Waals surface area contributed by atoms with Gasteiger partial charge in [0.25, 0.3) is 11.7 Å². The van der Waals surface area contributed by atoms with Crippen LogP contribution in [0.4, 0.5) is 5.69 Å². The predicted molar refractivity (Wildman–Crippen MR) is 157 cm³/mol. The number of benzene rings is 2. The third-order valence-electron chi connectivity index (χ3n) is 6.35. The number of ketones is 1. The minimum atomic E-state index is -1.17. The van der Waals surface area contributed by atoms with Gasteiger partial charge in [-0.05, 0) is 36.0 Å². The highest BCUT2D eigenvalue weighted by Crippen LogP contribution is 2.16. The molecule has 3 atom stereocenters. The minimum Gasteiger partial charge on any atom is -0.467 e. The number of para-hydroxylation sites is 1. The Morgan fingerprint density at radius 3 is 1.93 bits per heavy atom. The van der Waals surface area contributed by atoms with Crippen LogP contribution < -0.4 is 21.3 Å². The fourth-order valence-corrected chi connectivity index (χ4v) is 4.26. The van der Waals surface area contributed by atoms with Gasteiger partial charge in [-0.2, -0.15) is 0 Å². The van der Waals surface area contributed by atoms with Gasteiger partial charge >= 0.3 is 5.97 Å². The van der Waals surface area contributed by atoms with Crippen molar-refractivity contribution in [2.75, 3.05) is 12.4 Å². The quantitative estimate of drug-likeness (QED) is 0.152. The minimum absolute atomic E-state index is 0.0338. The highest BCUT2D eigenvalue weighted by atomic mass is 16.5. The van der Waals surface area contributed by atoms with E-state index in [4.69, 9.17) is 4.74 Å². The Morgan fingerprint density at radius 1 is 0.762 bits per heavy atom. The summed E-state index contributed by atoms with van der Waals surface area (Å²) in [5, 5.41) is 10.4. The zero-order valence-corrected chi connectivity index (χ0v) is 24.9. The second kappa shape index (κ2) is 16.0. The van der Waals surface area contributed by atoms with Gasteiger partial charge in [-0.25, -0.2) is 4.79 Å². The van der Waals surface area contributed by atoms with Gasteiger partial charge in [-0.3, -0.25) is 24.0 Å². The van der Waals surface area contributed by atoms with Crippen molar-refractivity contribution in [1.29, 1.82) is 0 Å². The number of rotatable bonds is 14. The molecule has 0 fully saturated rings. The molecule has 0 unspecified atom stereocenters. The lowest BCUT2D eigenvalue weighted by Gasteiger charge is -2.27. The standard InChI is InChI=1S/C31H40N4O7/c1-18(2)16-25(31(41)42-6)34-28(38)24(17-21-12-8-7-9-13-21)33-29(39)26(19(3)4)35-30(40)27(37)22-14-10-11-15-23(22)32-20(5)36/h7-15,18-19,24-26H,16-17H2,1-6H3,(H,32,36)(H,33,39)(H,34,38)(H,35,40)/t24-,25-,26-/m0/s1. The average molecular weight is 581 g/mol. The molecule has 11 nitrogen and oxygen atoms in total. The number of Topliss-reactive ketones (excluding diaryl/α,β-unsaturated/α-hetero) is 1. The van der Waals surface area contributed by atoms with E-state index in [1.54, 1.807) is 50.2 Å². The zero-order chi connectivity index (χ0) is 31.4. The van der Waals surface area contributed by atoms with Crippen LogP contribution in [0.5, 0.6) is 0 Å². The lowest BCUT2D eigenvalue weighted by atomic mass is 9.99. The number of amides is 4. The van der Waals surface area contributed by atoms with Gasteiger partial charge in [-0.15, -0.1) is 0 Å². The van der Waals surface area contributed by atoms with E-state index in [1.165, 1.54) is 26.2 Å². The first kappa shape index (κ1) is 33.7. The molecule has 2 aromatic carbocycles. The Kier molecular flexibility index (Phi) is 12.9. The Bertz CT molecular complexity index is 1280. The summed E-state index contributed by atoms with van der Waals surface area (Å²) in [5.74, 6) is -4.68. The highest BCUT2D eigenvalue weighted by Gasteiger charge is 2.33. The van der Waals surface area contributed by atoms with Crippen molar-refractivity contribution in [2.45, 2.75) is 65.6 Å². The Labute approximate surface area is 246 Å². The third kappa shape index (κ3) is 10.1. The van der Waals surface area contributed by atoms with Crippen molar-refractivity contribution in [3.63, 3.8) is 0 Å². The van der Waals surface area contributed by atoms with Crippen LogP contribution >= 0.6 is 0 Å². The molecule has 0 aliphatic carbocycles. The number of nitrogens with one attached hydrogen (secondary N) is 4. The molecule has 42 heavy (non-hydrogen) atoms. The van der Waals surface area contributed by atoms with Gasteiger partial charge in [0.2, 0.25) is 17.7 Å². The molecule has 0 spiro atoms. The summed E-state index contributed by atoms with van der Waals surface area (Å²) in [4.78, 5) is 76.8. The largest absolute Gasteiger partial charge is 0.467 e. The molecular formula is C31H40N4O7. The lowest BCUT2D eigenvalue weighted by molar-refractivity contribution is -0.146. The van der Waals surface area contributed by atoms with Gasteiger partial charge < -0.3 is 26.0 Å². The van der Waals surface area contributed by atoms with E-state index in [2.05, 4.69) is 21.3 Å². The summed E-state index contributed by atoms with van der Waals surface area (Å²) in [6.45, 7) is 8.44. The maximum absolute atomic E-state index is 13.5. The van der Waals surface area contributed by atoms with E-state index < -0.39 is 59.4 Å². The molecule has 0 radical (unpaired) electrons. The lowest BCUT2D eigenvalue weighted by Crippen LogP contribution is -2.58. The van der Waals surface area contributed by atoms with Gasteiger partial charge in [0.15, 0.2) is 0 Å². The molecule has 0 aromatic heterocycles. The second-order valence-electron chi connectivity index (χ2n) is 10.7. The first-order valence-electron chi connectivity index (χ1n) is 13.8. The van der Waals surface area contributed by atoms with Crippen molar-refractivity contribution >= 4 is 41.1 Å². The number of hydrogen-bond donors (Lipinski definition) is 4. The SMILES string of the molecule is COC(=O)[C@H](CC(C)C)NC(=O)[C@H](Cc1ccccc1)NC(=O)[C@@H](NC(=O)C(=O)c1ccccc1NC(C)=O)C(C)C. The zero-order valence-electron chi connectivity index (χ0n) is 24.9.